The summed E-state index contributed by atoms with van der Waals surface area (Å²) in [6.07, 6.45) is 4.92. The molecule has 1 aliphatic heterocycles. The Labute approximate surface area is 98.8 Å². The third-order valence-corrected chi connectivity index (χ3v) is 4.15. The average Bonchev–Trinajstić information content (AvgIpc) is 2.69. The summed E-state index contributed by atoms with van der Waals surface area (Å²) in [6.45, 7) is 0.806. The molecule has 94 valence electrons. The number of carboxylic acid groups (broad SMARTS) is 1. The average molecular weight is 248 g/mol. The van der Waals surface area contributed by atoms with Crippen molar-refractivity contribution in [2.24, 2.45) is 0 Å². The van der Waals surface area contributed by atoms with Crippen molar-refractivity contribution in [2.45, 2.75) is 44.6 Å². The number of hydrogen-bond donors (Lipinski definition) is 1. The number of hydrogen-bond acceptors (Lipinski definition) is 3. The SMILES string of the molecule is O=C(O)CCCCCS(=O)CC1CCCO1. The number of rotatable bonds is 8. The van der Waals surface area contributed by atoms with Crippen LogP contribution in [-0.4, -0.2) is 39.5 Å². The van der Waals surface area contributed by atoms with E-state index in [-0.39, 0.29) is 12.5 Å². The second-order valence-electron chi connectivity index (χ2n) is 4.15. The Balaban J connectivity index is 1.95. The van der Waals surface area contributed by atoms with E-state index < -0.39 is 16.8 Å². The summed E-state index contributed by atoms with van der Waals surface area (Å²) < 4.78 is 17.0. The van der Waals surface area contributed by atoms with Crippen LogP contribution in [-0.2, 0) is 20.3 Å². The molecule has 1 heterocycles. The molecule has 2 atom stereocenters. The first-order valence-electron chi connectivity index (χ1n) is 5.87. The van der Waals surface area contributed by atoms with Gasteiger partial charge in [0.2, 0.25) is 0 Å². The largest absolute Gasteiger partial charge is 0.481 e. The monoisotopic (exact) mass is 248 g/mol. The molecule has 5 heteroatoms. The minimum atomic E-state index is -0.796. The van der Waals surface area contributed by atoms with Gasteiger partial charge in [-0.25, -0.2) is 0 Å². The number of carboxylic acids is 1. The maximum absolute atomic E-state index is 11.6. The van der Waals surface area contributed by atoms with E-state index in [1.165, 1.54) is 0 Å². The Morgan fingerprint density at radius 3 is 2.81 bits per heavy atom. The third kappa shape index (κ3) is 6.23. The number of ether oxygens (including phenoxy) is 1. The molecule has 1 saturated heterocycles. The molecule has 4 nitrogen and oxygen atoms in total. The van der Waals surface area contributed by atoms with Crippen LogP contribution in [0.3, 0.4) is 0 Å². The zero-order chi connectivity index (χ0) is 11.8. The van der Waals surface area contributed by atoms with Crippen LogP contribution in [0.15, 0.2) is 0 Å². The molecule has 1 rings (SSSR count). The smallest absolute Gasteiger partial charge is 0.303 e. The van der Waals surface area contributed by atoms with E-state index in [0.717, 1.165) is 32.3 Å². The maximum Gasteiger partial charge on any atom is 0.303 e. The fourth-order valence-electron chi connectivity index (χ4n) is 1.78. The second kappa shape index (κ2) is 7.79. The molecule has 2 unspecified atom stereocenters. The van der Waals surface area contributed by atoms with Gasteiger partial charge in [0.15, 0.2) is 0 Å². The van der Waals surface area contributed by atoms with Gasteiger partial charge in [0.05, 0.1) is 6.10 Å². The summed E-state index contributed by atoms with van der Waals surface area (Å²) in [6, 6.07) is 0. The third-order valence-electron chi connectivity index (χ3n) is 2.66. The van der Waals surface area contributed by atoms with E-state index >= 15 is 0 Å². The first kappa shape index (κ1) is 13.6. The maximum atomic E-state index is 11.6. The fourth-order valence-corrected chi connectivity index (χ4v) is 3.15. The minimum Gasteiger partial charge on any atom is -0.481 e. The number of carbonyl (C=O) groups is 1. The van der Waals surface area contributed by atoms with Crippen LogP contribution in [0.4, 0.5) is 0 Å². The van der Waals surface area contributed by atoms with E-state index in [4.69, 9.17) is 9.84 Å². The Morgan fingerprint density at radius 1 is 1.38 bits per heavy atom. The van der Waals surface area contributed by atoms with Crippen LogP contribution in [0.5, 0.6) is 0 Å². The lowest BCUT2D eigenvalue weighted by Crippen LogP contribution is -2.17. The standard InChI is InChI=1S/C11H20O4S/c12-11(13)6-2-1-3-8-16(14)9-10-5-4-7-15-10/h10H,1-9H2,(H,12,13). The summed E-state index contributed by atoms with van der Waals surface area (Å²) in [4.78, 5) is 10.2. The minimum absolute atomic E-state index is 0.194. The summed E-state index contributed by atoms with van der Waals surface area (Å²) in [5.41, 5.74) is 0. The molecular weight excluding hydrogens is 228 g/mol. The molecule has 0 aliphatic carbocycles. The molecule has 0 aromatic heterocycles. The van der Waals surface area contributed by atoms with Crippen molar-refractivity contribution in [1.29, 1.82) is 0 Å². The number of unbranched alkanes of at least 4 members (excludes halogenated alkanes) is 2. The van der Waals surface area contributed by atoms with Crippen LogP contribution in [0.1, 0.15) is 38.5 Å². The van der Waals surface area contributed by atoms with E-state index in [1.54, 1.807) is 0 Å². The van der Waals surface area contributed by atoms with Crippen LogP contribution in [0.25, 0.3) is 0 Å². The van der Waals surface area contributed by atoms with Crippen LogP contribution in [0.2, 0.25) is 0 Å². The van der Waals surface area contributed by atoms with Crippen molar-refractivity contribution in [3.8, 4) is 0 Å². The van der Waals surface area contributed by atoms with E-state index in [9.17, 15) is 9.00 Å². The summed E-state index contributed by atoms with van der Waals surface area (Å²) >= 11 is 0. The van der Waals surface area contributed by atoms with Gasteiger partial charge < -0.3 is 9.84 Å². The lowest BCUT2D eigenvalue weighted by molar-refractivity contribution is -0.137. The summed E-state index contributed by atoms with van der Waals surface area (Å²) in [5, 5.41) is 8.44. The van der Waals surface area contributed by atoms with Gasteiger partial charge in [0.1, 0.15) is 0 Å². The summed E-state index contributed by atoms with van der Waals surface area (Å²) in [7, 11) is -0.796. The lowest BCUT2D eigenvalue weighted by Gasteiger charge is -2.08. The molecule has 1 fully saturated rings. The Morgan fingerprint density at radius 2 is 2.19 bits per heavy atom. The van der Waals surface area contributed by atoms with Crippen LogP contribution >= 0.6 is 0 Å². The van der Waals surface area contributed by atoms with Crippen LogP contribution in [0, 0.1) is 0 Å². The van der Waals surface area contributed by atoms with Crippen molar-refractivity contribution < 1.29 is 18.8 Å². The predicted molar refractivity (Wildman–Crippen MR) is 63.0 cm³/mol. The molecule has 0 aromatic rings. The highest BCUT2D eigenvalue weighted by Crippen LogP contribution is 2.13. The van der Waals surface area contributed by atoms with E-state index in [2.05, 4.69) is 0 Å². The molecular formula is C11H20O4S. The lowest BCUT2D eigenvalue weighted by atomic mass is 10.2. The molecule has 0 bridgehead atoms. The van der Waals surface area contributed by atoms with E-state index in [1.807, 2.05) is 0 Å². The van der Waals surface area contributed by atoms with Crippen LogP contribution < -0.4 is 0 Å². The van der Waals surface area contributed by atoms with Crippen molar-refractivity contribution in [3.05, 3.63) is 0 Å². The van der Waals surface area contributed by atoms with Crippen molar-refractivity contribution in [1.82, 2.24) is 0 Å². The molecule has 0 radical (unpaired) electrons. The molecule has 0 spiro atoms. The molecule has 1 N–H and O–H groups in total. The van der Waals surface area contributed by atoms with Gasteiger partial charge in [0, 0.05) is 35.3 Å². The van der Waals surface area contributed by atoms with Crippen molar-refractivity contribution in [2.75, 3.05) is 18.1 Å². The Hall–Kier alpha value is -0.420. The highest BCUT2D eigenvalue weighted by atomic mass is 32.2. The van der Waals surface area contributed by atoms with Gasteiger partial charge in [-0.1, -0.05) is 6.42 Å². The zero-order valence-electron chi connectivity index (χ0n) is 9.52. The molecule has 0 amide bonds. The quantitative estimate of drug-likeness (QED) is 0.662. The Kier molecular flexibility index (Phi) is 6.64. The van der Waals surface area contributed by atoms with Gasteiger partial charge in [-0.15, -0.1) is 0 Å². The second-order valence-corrected chi connectivity index (χ2v) is 5.77. The van der Waals surface area contributed by atoms with E-state index in [0.29, 0.717) is 17.9 Å². The zero-order valence-corrected chi connectivity index (χ0v) is 10.3. The molecule has 0 aromatic carbocycles. The normalized spacial score (nSPS) is 22.1. The van der Waals surface area contributed by atoms with Gasteiger partial charge in [0.25, 0.3) is 0 Å². The predicted octanol–water partition coefficient (Wildman–Crippen LogP) is 1.56. The van der Waals surface area contributed by atoms with Gasteiger partial charge >= 0.3 is 5.97 Å². The molecule has 16 heavy (non-hydrogen) atoms. The highest BCUT2D eigenvalue weighted by molar-refractivity contribution is 7.85. The van der Waals surface area contributed by atoms with Crippen molar-refractivity contribution >= 4 is 16.8 Å². The fraction of sp³-hybridized carbons (Fsp3) is 0.909. The molecule has 0 saturated carbocycles. The topological polar surface area (TPSA) is 63.6 Å². The molecule has 1 aliphatic rings. The van der Waals surface area contributed by atoms with Gasteiger partial charge in [-0.05, 0) is 25.7 Å². The highest BCUT2D eigenvalue weighted by Gasteiger charge is 2.17. The Bertz CT molecular complexity index is 236. The van der Waals surface area contributed by atoms with Gasteiger partial charge in [-0.2, -0.15) is 0 Å². The number of aliphatic carboxylic acids is 1. The first-order valence-corrected chi connectivity index (χ1v) is 7.35. The first-order chi connectivity index (χ1) is 7.68. The van der Waals surface area contributed by atoms with Crippen molar-refractivity contribution in [3.63, 3.8) is 0 Å². The van der Waals surface area contributed by atoms with Gasteiger partial charge in [-0.3, -0.25) is 9.00 Å². The summed E-state index contributed by atoms with van der Waals surface area (Å²) in [5.74, 6) is 0.582.